The van der Waals surface area contributed by atoms with E-state index in [1.807, 2.05) is 18.2 Å². The Kier molecular flexibility index (Phi) is 4.76. The van der Waals surface area contributed by atoms with Gasteiger partial charge in [-0.05, 0) is 36.2 Å². The van der Waals surface area contributed by atoms with Crippen molar-refractivity contribution in [2.45, 2.75) is 13.3 Å². The van der Waals surface area contributed by atoms with Gasteiger partial charge in [-0.25, -0.2) is 5.43 Å². The first-order chi connectivity index (χ1) is 13.7. The highest BCUT2D eigenvalue weighted by Gasteiger charge is 2.09. The van der Waals surface area contributed by atoms with E-state index >= 15 is 0 Å². The van der Waals surface area contributed by atoms with Crippen molar-refractivity contribution in [2.24, 2.45) is 5.10 Å². The fourth-order valence-corrected chi connectivity index (χ4v) is 2.97. The summed E-state index contributed by atoms with van der Waals surface area (Å²) in [5.74, 6) is 1.67. The van der Waals surface area contributed by atoms with E-state index < -0.39 is 0 Å². The molecule has 0 spiro atoms. The average molecular weight is 376 g/mol. The van der Waals surface area contributed by atoms with Crippen LogP contribution in [0, 0.1) is 0 Å². The lowest BCUT2D eigenvalue weighted by molar-refractivity contribution is 0.394. The summed E-state index contributed by atoms with van der Waals surface area (Å²) in [4.78, 5) is 7.73. The van der Waals surface area contributed by atoms with E-state index in [1.54, 1.807) is 26.5 Å². The third-order valence-electron chi connectivity index (χ3n) is 4.50. The fourth-order valence-electron chi connectivity index (χ4n) is 2.97. The summed E-state index contributed by atoms with van der Waals surface area (Å²) in [6, 6.07) is 11.7. The number of nitrogens with zero attached hydrogens (tertiary/aromatic N) is 4. The predicted molar refractivity (Wildman–Crippen MR) is 109 cm³/mol. The molecular weight excluding hydrogens is 356 g/mol. The van der Waals surface area contributed by atoms with Crippen molar-refractivity contribution in [2.75, 3.05) is 19.6 Å². The van der Waals surface area contributed by atoms with Gasteiger partial charge in [-0.15, -0.1) is 10.2 Å². The molecule has 4 aromatic rings. The number of hydrogen-bond donors (Lipinski definition) is 2. The van der Waals surface area contributed by atoms with Gasteiger partial charge in [0.25, 0.3) is 5.95 Å². The van der Waals surface area contributed by atoms with Crippen molar-refractivity contribution in [1.29, 1.82) is 0 Å². The van der Waals surface area contributed by atoms with Crippen LogP contribution in [0.25, 0.3) is 22.1 Å². The summed E-state index contributed by atoms with van der Waals surface area (Å²) in [6.45, 7) is 2.12. The van der Waals surface area contributed by atoms with Gasteiger partial charge >= 0.3 is 0 Å². The molecule has 4 rings (SSSR count). The number of nitrogens with one attached hydrogen (secondary N) is 2. The second kappa shape index (κ2) is 7.51. The normalized spacial score (nSPS) is 11.4. The van der Waals surface area contributed by atoms with Gasteiger partial charge in [-0.2, -0.15) is 10.1 Å². The smallest absolute Gasteiger partial charge is 0.265 e. The molecule has 0 amide bonds. The third kappa shape index (κ3) is 3.32. The van der Waals surface area contributed by atoms with Crippen molar-refractivity contribution in [1.82, 2.24) is 20.2 Å². The van der Waals surface area contributed by atoms with Crippen LogP contribution in [0.3, 0.4) is 0 Å². The monoisotopic (exact) mass is 376 g/mol. The van der Waals surface area contributed by atoms with Crippen LogP contribution in [0.15, 0.2) is 41.5 Å². The molecule has 2 aromatic heterocycles. The first-order valence-electron chi connectivity index (χ1n) is 8.88. The maximum absolute atomic E-state index is 5.35. The highest BCUT2D eigenvalue weighted by atomic mass is 16.5. The summed E-state index contributed by atoms with van der Waals surface area (Å²) < 4.78 is 10.5. The van der Waals surface area contributed by atoms with E-state index in [9.17, 15) is 0 Å². The van der Waals surface area contributed by atoms with E-state index in [2.05, 4.69) is 49.7 Å². The molecule has 0 saturated carbocycles. The standard InChI is InChI=1S/C20H20N6O2/c1-4-12-5-8-16-15(9-12)18-19(22-16)23-20(26-24-18)25-21-11-13-6-7-14(27-2)10-17(13)28-3/h5-11H,4H2,1-3H3,(H2,22,23,25,26). The Morgan fingerprint density at radius 2 is 2.00 bits per heavy atom. The van der Waals surface area contributed by atoms with Gasteiger partial charge in [-0.1, -0.05) is 13.0 Å². The number of aromatic amines is 1. The molecule has 2 heterocycles. The minimum absolute atomic E-state index is 0.304. The van der Waals surface area contributed by atoms with Crippen molar-refractivity contribution in [3.8, 4) is 11.5 Å². The molecular formula is C20H20N6O2. The highest BCUT2D eigenvalue weighted by molar-refractivity contribution is 6.03. The summed E-state index contributed by atoms with van der Waals surface area (Å²) in [7, 11) is 3.21. The summed E-state index contributed by atoms with van der Waals surface area (Å²) in [5.41, 5.74) is 7.25. The lowest BCUT2D eigenvalue weighted by Crippen LogP contribution is -1.99. The van der Waals surface area contributed by atoms with Gasteiger partial charge < -0.3 is 14.5 Å². The van der Waals surface area contributed by atoms with Gasteiger partial charge in [-0.3, -0.25) is 0 Å². The molecule has 0 aliphatic heterocycles. The zero-order chi connectivity index (χ0) is 19.5. The Hall–Kier alpha value is -3.68. The number of aromatic nitrogens is 4. The molecule has 0 fully saturated rings. The second-order valence-electron chi connectivity index (χ2n) is 6.17. The molecule has 0 unspecified atom stereocenters. The molecule has 142 valence electrons. The molecule has 0 saturated heterocycles. The largest absolute Gasteiger partial charge is 0.497 e. The first kappa shape index (κ1) is 17.7. The Labute approximate surface area is 161 Å². The number of rotatable bonds is 6. The Bertz CT molecular complexity index is 1170. The fraction of sp³-hybridized carbons (Fsp3) is 0.200. The van der Waals surface area contributed by atoms with Crippen LogP contribution in [0.1, 0.15) is 18.1 Å². The minimum atomic E-state index is 0.304. The van der Waals surface area contributed by atoms with E-state index in [0.29, 0.717) is 23.1 Å². The third-order valence-corrected chi connectivity index (χ3v) is 4.50. The minimum Gasteiger partial charge on any atom is -0.497 e. The van der Waals surface area contributed by atoms with Gasteiger partial charge in [0.15, 0.2) is 5.65 Å². The Balaban J connectivity index is 1.58. The number of ether oxygens (including phenoxy) is 2. The van der Waals surface area contributed by atoms with Crippen LogP contribution >= 0.6 is 0 Å². The van der Waals surface area contributed by atoms with Crippen LogP contribution in [0.2, 0.25) is 0 Å². The molecule has 2 N–H and O–H groups in total. The highest BCUT2D eigenvalue weighted by Crippen LogP contribution is 2.24. The predicted octanol–water partition coefficient (Wildman–Crippen LogP) is 3.53. The summed E-state index contributed by atoms with van der Waals surface area (Å²) in [5, 5.41) is 13.6. The van der Waals surface area contributed by atoms with Crippen LogP contribution < -0.4 is 14.9 Å². The SMILES string of the molecule is CCc1ccc2[nH]c3nc(NN=Cc4ccc(OC)cc4OC)nnc3c2c1. The van der Waals surface area contributed by atoms with E-state index in [0.717, 1.165) is 28.4 Å². The van der Waals surface area contributed by atoms with Crippen LogP contribution in [-0.4, -0.2) is 40.6 Å². The summed E-state index contributed by atoms with van der Waals surface area (Å²) in [6.07, 6.45) is 2.59. The number of hydrazone groups is 1. The van der Waals surface area contributed by atoms with Crippen LogP contribution in [0.4, 0.5) is 5.95 Å². The van der Waals surface area contributed by atoms with Gasteiger partial charge in [0.1, 0.15) is 17.0 Å². The second-order valence-corrected chi connectivity index (χ2v) is 6.17. The molecule has 28 heavy (non-hydrogen) atoms. The average Bonchev–Trinajstić information content (AvgIpc) is 3.10. The lowest BCUT2D eigenvalue weighted by atomic mass is 10.1. The van der Waals surface area contributed by atoms with Gasteiger partial charge in [0.05, 0.1) is 20.4 Å². The lowest BCUT2D eigenvalue weighted by Gasteiger charge is -2.06. The van der Waals surface area contributed by atoms with Crippen LogP contribution in [0.5, 0.6) is 11.5 Å². The molecule has 8 nitrogen and oxygen atoms in total. The van der Waals surface area contributed by atoms with E-state index in [4.69, 9.17) is 9.47 Å². The van der Waals surface area contributed by atoms with Gasteiger partial charge in [0.2, 0.25) is 0 Å². The van der Waals surface area contributed by atoms with E-state index in [1.165, 1.54) is 5.56 Å². The number of hydrogen-bond acceptors (Lipinski definition) is 7. The molecule has 0 atom stereocenters. The maximum atomic E-state index is 5.35. The zero-order valence-corrected chi connectivity index (χ0v) is 15.9. The summed E-state index contributed by atoms with van der Waals surface area (Å²) >= 11 is 0. The zero-order valence-electron chi connectivity index (χ0n) is 15.9. The number of fused-ring (bicyclic) bond motifs is 3. The molecule has 0 aliphatic carbocycles. The first-order valence-corrected chi connectivity index (χ1v) is 8.88. The number of methoxy groups -OCH3 is 2. The van der Waals surface area contributed by atoms with Crippen molar-refractivity contribution >= 4 is 34.2 Å². The van der Waals surface area contributed by atoms with E-state index in [-0.39, 0.29) is 0 Å². The Morgan fingerprint density at radius 1 is 1.11 bits per heavy atom. The number of H-pyrrole nitrogens is 1. The molecule has 0 bridgehead atoms. The van der Waals surface area contributed by atoms with Crippen LogP contribution in [-0.2, 0) is 6.42 Å². The van der Waals surface area contributed by atoms with Gasteiger partial charge in [0, 0.05) is 22.5 Å². The van der Waals surface area contributed by atoms with Crippen molar-refractivity contribution in [3.05, 3.63) is 47.5 Å². The van der Waals surface area contributed by atoms with Crippen molar-refractivity contribution < 1.29 is 9.47 Å². The molecule has 2 aromatic carbocycles. The number of anilines is 1. The maximum Gasteiger partial charge on any atom is 0.265 e. The molecule has 0 aliphatic rings. The van der Waals surface area contributed by atoms with Crippen molar-refractivity contribution in [3.63, 3.8) is 0 Å². The molecule has 8 heteroatoms. The topological polar surface area (TPSA) is 97.3 Å². The number of aryl methyl sites for hydroxylation is 1. The number of benzene rings is 2. The molecule has 0 radical (unpaired) electrons. The Morgan fingerprint density at radius 3 is 2.79 bits per heavy atom. The quantitative estimate of drug-likeness (QED) is 0.395.